The Morgan fingerprint density at radius 2 is 1.89 bits per heavy atom. The summed E-state index contributed by atoms with van der Waals surface area (Å²) in [5.74, 6) is -0.167. The third-order valence-electron chi connectivity index (χ3n) is 3.94. The Morgan fingerprint density at radius 1 is 1.21 bits per heavy atom. The van der Waals surface area contributed by atoms with E-state index in [9.17, 15) is 9.59 Å². The molecule has 8 heteroatoms. The summed E-state index contributed by atoms with van der Waals surface area (Å²) < 4.78 is 11.6. The van der Waals surface area contributed by atoms with Crippen molar-refractivity contribution in [2.45, 2.75) is 20.0 Å². The van der Waals surface area contributed by atoms with Crippen molar-refractivity contribution in [1.29, 1.82) is 0 Å². The molecule has 0 atom stereocenters. The van der Waals surface area contributed by atoms with Gasteiger partial charge in [0.05, 0.1) is 18.9 Å². The second-order valence-corrected chi connectivity index (χ2v) is 7.44. The zero-order chi connectivity index (χ0) is 20.4. The summed E-state index contributed by atoms with van der Waals surface area (Å²) in [4.78, 5) is 25.1. The zero-order valence-corrected chi connectivity index (χ0v) is 17.8. The summed E-state index contributed by atoms with van der Waals surface area (Å²) in [6.07, 6.45) is 1.36. The first-order valence-corrected chi connectivity index (χ1v) is 9.65. The molecule has 1 aliphatic rings. The molecule has 2 aromatic carbocycles. The van der Waals surface area contributed by atoms with Gasteiger partial charge in [-0.1, -0.05) is 29.8 Å². The van der Waals surface area contributed by atoms with E-state index in [0.717, 1.165) is 0 Å². The average molecular weight is 466 g/mol. The lowest BCUT2D eigenvalue weighted by molar-refractivity contribution is -0.117. The first kappa shape index (κ1) is 20.2. The number of methoxy groups -OCH3 is 1. The van der Waals surface area contributed by atoms with E-state index in [4.69, 9.17) is 21.1 Å². The lowest BCUT2D eigenvalue weighted by atomic mass is 10.1. The van der Waals surface area contributed by atoms with Crippen LogP contribution in [-0.2, 0) is 9.59 Å². The van der Waals surface area contributed by atoms with Crippen molar-refractivity contribution in [3.05, 3.63) is 57.0 Å². The summed E-state index contributed by atoms with van der Waals surface area (Å²) >= 11 is 9.85. The van der Waals surface area contributed by atoms with E-state index >= 15 is 0 Å². The van der Waals surface area contributed by atoms with Crippen molar-refractivity contribution in [2.75, 3.05) is 12.1 Å². The van der Waals surface area contributed by atoms with Gasteiger partial charge in [0, 0.05) is 4.47 Å². The molecule has 0 spiro atoms. The normalized spacial score (nSPS) is 15.4. The second kappa shape index (κ2) is 8.24. The van der Waals surface area contributed by atoms with Crippen LogP contribution in [0.2, 0.25) is 5.02 Å². The lowest BCUT2D eigenvalue weighted by Gasteiger charge is -2.17. The van der Waals surface area contributed by atoms with Gasteiger partial charge in [0.25, 0.3) is 11.8 Å². The Kier molecular flexibility index (Phi) is 5.96. The van der Waals surface area contributed by atoms with Crippen molar-refractivity contribution >= 4 is 51.1 Å². The summed E-state index contributed by atoms with van der Waals surface area (Å²) in [5, 5.41) is 1.50. The number of rotatable bonds is 5. The van der Waals surface area contributed by atoms with E-state index in [-0.39, 0.29) is 11.7 Å². The maximum atomic E-state index is 12.8. The van der Waals surface area contributed by atoms with Crippen LogP contribution in [0.4, 0.5) is 5.69 Å². The number of hydrogen-bond donors (Lipinski definition) is 1. The Labute approximate surface area is 176 Å². The first-order valence-electron chi connectivity index (χ1n) is 8.48. The average Bonchev–Trinajstić information content (AvgIpc) is 2.96. The number of anilines is 1. The van der Waals surface area contributed by atoms with Gasteiger partial charge in [-0.15, -0.1) is 0 Å². The van der Waals surface area contributed by atoms with Crippen molar-refractivity contribution in [2.24, 2.45) is 0 Å². The van der Waals surface area contributed by atoms with Gasteiger partial charge in [-0.05, 0) is 59.6 Å². The minimum atomic E-state index is -0.502. The van der Waals surface area contributed by atoms with E-state index in [1.54, 1.807) is 30.3 Å². The number of carbonyl (C=O) groups excluding carboxylic acids is 2. The number of nitrogens with one attached hydrogen (secondary N) is 1. The van der Waals surface area contributed by atoms with E-state index in [1.165, 1.54) is 18.2 Å². The molecule has 1 saturated heterocycles. The number of halogens is 2. The third kappa shape index (κ3) is 3.86. The molecule has 6 nitrogen and oxygen atoms in total. The summed E-state index contributed by atoms with van der Waals surface area (Å²) in [7, 11) is 1.49. The standard InChI is InChI=1S/C20H18BrClN2O4/c1-11(2)28-18-15(27-3)10-12(16(21)17(18)22)9-14-19(25)23-24(20(14)26)13-7-5-4-6-8-13/h4-11H,1-3H3,(H,23,25)/b14-9-. The predicted molar refractivity (Wildman–Crippen MR) is 112 cm³/mol. The molecule has 146 valence electrons. The predicted octanol–water partition coefficient (Wildman–Crippen LogP) is 4.36. The molecule has 1 fully saturated rings. The van der Waals surface area contributed by atoms with Gasteiger partial charge in [-0.3, -0.25) is 15.0 Å². The van der Waals surface area contributed by atoms with E-state index < -0.39 is 11.8 Å². The van der Waals surface area contributed by atoms with Gasteiger partial charge in [-0.2, -0.15) is 0 Å². The maximum absolute atomic E-state index is 12.8. The second-order valence-electron chi connectivity index (χ2n) is 6.27. The molecule has 3 rings (SSSR count). The molecule has 0 aromatic heterocycles. The number of para-hydroxylation sites is 1. The van der Waals surface area contributed by atoms with Crippen LogP contribution in [0.5, 0.6) is 11.5 Å². The maximum Gasteiger partial charge on any atom is 0.282 e. The highest BCUT2D eigenvalue weighted by Crippen LogP contribution is 2.43. The first-order chi connectivity index (χ1) is 13.3. The highest BCUT2D eigenvalue weighted by molar-refractivity contribution is 9.10. The van der Waals surface area contributed by atoms with Gasteiger partial charge in [0.15, 0.2) is 11.5 Å². The van der Waals surface area contributed by atoms with Crippen LogP contribution in [0.3, 0.4) is 0 Å². The molecule has 1 aliphatic heterocycles. The number of benzene rings is 2. The third-order valence-corrected chi connectivity index (χ3v) is 5.38. The largest absolute Gasteiger partial charge is 0.493 e. The monoisotopic (exact) mass is 464 g/mol. The molecule has 2 amide bonds. The van der Waals surface area contributed by atoms with E-state index in [2.05, 4.69) is 21.4 Å². The molecule has 28 heavy (non-hydrogen) atoms. The number of ether oxygens (including phenoxy) is 2. The van der Waals surface area contributed by atoms with Crippen LogP contribution < -0.4 is 19.9 Å². The molecule has 0 unspecified atom stereocenters. The molecule has 0 bridgehead atoms. The van der Waals surface area contributed by atoms with Crippen LogP contribution in [0, 0.1) is 0 Å². The fourth-order valence-electron chi connectivity index (χ4n) is 2.68. The Bertz CT molecular complexity index is 960. The van der Waals surface area contributed by atoms with Crippen molar-refractivity contribution in [1.82, 2.24) is 5.43 Å². The highest BCUT2D eigenvalue weighted by atomic mass is 79.9. The number of carbonyl (C=O) groups is 2. The molecule has 1 N–H and O–H groups in total. The zero-order valence-electron chi connectivity index (χ0n) is 15.5. The Hall–Kier alpha value is -2.51. The summed E-state index contributed by atoms with van der Waals surface area (Å²) in [5.41, 5.74) is 3.64. The van der Waals surface area contributed by atoms with Gasteiger partial charge in [0.2, 0.25) is 0 Å². The number of hydrogen-bond acceptors (Lipinski definition) is 4. The van der Waals surface area contributed by atoms with Crippen LogP contribution >= 0.6 is 27.5 Å². The topological polar surface area (TPSA) is 67.9 Å². The molecule has 0 radical (unpaired) electrons. The smallest absolute Gasteiger partial charge is 0.282 e. The van der Waals surface area contributed by atoms with Crippen LogP contribution in [0.1, 0.15) is 19.4 Å². The Morgan fingerprint density at radius 3 is 2.50 bits per heavy atom. The fraction of sp³-hybridized carbons (Fsp3) is 0.200. The van der Waals surface area contributed by atoms with Gasteiger partial charge in [0.1, 0.15) is 10.6 Å². The lowest BCUT2D eigenvalue weighted by Crippen LogP contribution is -2.35. The molecule has 0 saturated carbocycles. The van der Waals surface area contributed by atoms with Crippen molar-refractivity contribution in [3.63, 3.8) is 0 Å². The van der Waals surface area contributed by atoms with E-state index in [1.807, 2.05) is 19.9 Å². The quantitative estimate of drug-likeness (QED) is 0.526. The molecular formula is C20H18BrClN2O4. The Balaban J connectivity index is 2.02. The minimum Gasteiger partial charge on any atom is -0.493 e. The highest BCUT2D eigenvalue weighted by Gasteiger charge is 2.34. The number of nitrogens with zero attached hydrogens (tertiary/aromatic N) is 1. The number of hydrazine groups is 1. The van der Waals surface area contributed by atoms with Crippen molar-refractivity contribution in [3.8, 4) is 11.5 Å². The van der Waals surface area contributed by atoms with Crippen LogP contribution in [0.25, 0.3) is 6.08 Å². The van der Waals surface area contributed by atoms with Gasteiger partial charge < -0.3 is 9.47 Å². The minimum absolute atomic E-state index is 0.0137. The molecule has 2 aromatic rings. The SMILES string of the molecule is COc1cc(/C=C2/C(=O)NN(c3ccccc3)C2=O)c(Br)c(Cl)c1OC(C)C. The molecular weight excluding hydrogens is 448 g/mol. The number of amides is 2. The summed E-state index contributed by atoms with van der Waals surface area (Å²) in [6.45, 7) is 3.75. The van der Waals surface area contributed by atoms with Gasteiger partial charge >= 0.3 is 0 Å². The van der Waals surface area contributed by atoms with E-state index in [0.29, 0.717) is 32.2 Å². The molecule has 1 heterocycles. The van der Waals surface area contributed by atoms with Crippen LogP contribution in [-0.4, -0.2) is 25.0 Å². The summed E-state index contributed by atoms with van der Waals surface area (Å²) in [6, 6.07) is 10.5. The van der Waals surface area contributed by atoms with Crippen molar-refractivity contribution < 1.29 is 19.1 Å². The van der Waals surface area contributed by atoms with Crippen LogP contribution in [0.15, 0.2) is 46.4 Å². The fourth-order valence-corrected chi connectivity index (χ4v) is 3.33. The molecule has 0 aliphatic carbocycles. The van der Waals surface area contributed by atoms with Gasteiger partial charge in [-0.25, -0.2) is 5.01 Å².